The van der Waals surface area contributed by atoms with Crippen LogP contribution < -0.4 is 10.6 Å². The third kappa shape index (κ3) is 7.70. The van der Waals surface area contributed by atoms with Crippen LogP contribution >= 0.6 is 11.6 Å². The van der Waals surface area contributed by atoms with Gasteiger partial charge in [-0.25, -0.2) is 9.97 Å². The van der Waals surface area contributed by atoms with E-state index in [1.807, 2.05) is 64.1 Å². The van der Waals surface area contributed by atoms with Gasteiger partial charge in [0.1, 0.15) is 0 Å². The van der Waals surface area contributed by atoms with Gasteiger partial charge < -0.3 is 10.6 Å². The van der Waals surface area contributed by atoms with E-state index in [1.54, 1.807) is 30.7 Å². The van der Waals surface area contributed by atoms with E-state index in [0.29, 0.717) is 17.2 Å². The molecule has 0 aliphatic carbocycles. The zero-order valence-corrected chi connectivity index (χ0v) is 20.0. The van der Waals surface area contributed by atoms with Crippen LogP contribution in [0, 0.1) is 6.92 Å². The number of halogens is 1. The average Bonchev–Trinajstić information content (AvgIpc) is 2.83. The second kappa shape index (κ2) is 12.9. The highest BCUT2D eigenvalue weighted by atomic mass is 35.5. The quantitative estimate of drug-likeness (QED) is 0.298. The fraction of sp³-hybridized carbons (Fsp3) is 0.154. The first-order valence-corrected chi connectivity index (χ1v) is 11.0. The van der Waals surface area contributed by atoms with Gasteiger partial charge in [0, 0.05) is 46.1 Å². The lowest BCUT2D eigenvalue weighted by molar-refractivity contribution is -0.112. The number of amides is 1. The van der Waals surface area contributed by atoms with Crippen molar-refractivity contribution in [2.45, 2.75) is 27.7 Å². The Hall–Kier alpha value is -3.77. The number of rotatable bonds is 7. The summed E-state index contributed by atoms with van der Waals surface area (Å²) in [5.74, 6) is 0.158. The molecule has 0 saturated carbocycles. The summed E-state index contributed by atoms with van der Waals surface area (Å²) in [5, 5.41) is 6.38. The lowest BCUT2D eigenvalue weighted by Gasteiger charge is -2.12. The molecule has 0 atom stereocenters. The van der Waals surface area contributed by atoms with E-state index in [-0.39, 0.29) is 10.9 Å². The zero-order chi connectivity index (χ0) is 24.2. The molecule has 3 rings (SSSR count). The molecule has 3 aromatic rings. The topological polar surface area (TPSA) is 79.8 Å². The lowest BCUT2D eigenvalue weighted by atomic mass is 10.1. The van der Waals surface area contributed by atoms with Crippen molar-refractivity contribution < 1.29 is 4.79 Å². The molecule has 0 unspecified atom stereocenters. The number of aryl methyl sites for hydroxylation is 1. The summed E-state index contributed by atoms with van der Waals surface area (Å²) < 4.78 is 0. The van der Waals surface area contributed by atoms with Crippen LogP contribution in [0.15, 0.2) is 90.4 Å². The Kier molecular flexibility index (Phi) is 9.99. The van der Waals surface area contributed by atoms with Crippen molar-refractivity contribution in [3.05, 3.63) is 96.0 Å². The normalized spacial score (nSPS) is 10.9. The molecule has 0 aliphatic heterocycles. The second-order valence-corrected chi connectivity index (χ2v) is 7.15. The smallest absolute Gasteiger partial charge is 0.255 e. The Morgan fingerprint density at radius 1 is 1.15 bits per heavy atom. The SMILES string of the molecule is C=C(Cl)/C=C(\C=C/C)C(=O)Nc1ccc(C)c(Nc2nccc(-c3cccnc3)n2)c1.CC. The molecule has 0 saturated heterocycles. The van der Waals surface area contributed by atoms with Crippen LogP contribution in [0.25, 0.3) is 11.3 Å². The second-order valence-electron chi connectivity index (χ2n) is 6.66. The van der Waals surface area contributed by atoms with Gasteiger partial charge >= 0.3 is 0 Å². The minimum Gasteiger partial charge on any atom is -0.324 e. The third-order valence-corrected chi connectivity index (χ3v) is 4.38. The lowest BCUT2D eigenvalue weighted by Crippen LogP contribution is -2.13. The first kappa shape index (κ1) is 25.5. The number of pyridine rings is 1. The fourth-order valence-electron chi connectivity index (χ4n) is 2.79. The van der Waals surface area contributed by atoms with Gasteiger partial charge in [-0.2, -0.15) is 0 Å². The van der Waals surface area contributed by atoms with Crippen molar-refractivity contribution >= 4 is 34.8 Å². The maximum Gasteiger partial charge on any atom is 0.255 e. The fourth-order valence-corrected chi connectivity index (χ4v) is 2.91. The largest absolute Gasteiger partial charge is 0.324 e. The van der Waals surface area contributed by atoms with E-state index in [1.165, 1.54) is 6.08 Å². The van der Waals surface area contributed by atoms with Gasteiger partial charge in [0.2, 0.25) is 5.95 Å². The van der Waals surface area contributed by atoms with Crippen LogP contribution in [-0.2, 0) is 4.79 Å². The number of anilines is 3. The van der Waals surface area contributed by atoms with Crippen molar-refractivity contribution in [2.75, 3.05) is 10.6 Å². The molecule has 0 bridgehead atoms. The predicted octanol–water partition coefficient (Wildman–Crippen LogP) is 6.81. The first-order valence-electron chi connectivity index (χ1n) is 10.6. The molecular weight excluding hydrogens is 434 g/mol. The standard InChI is InChI=1S/C24H22ClN5O.C2H6/c1-4-6-18(13-17(3)25)23(31)28-20-9-8-16(2)22(14-20)30-24-27-12-10-21(29-24)19-7-5-11-26-15-19;1-2/h4-15H,3H2,1-2H3,(H,28,31)(H,27,29,30);1-2H3/b6-4-,18-13+;. The van der Waals surface area contributed by atoms with Crippen LogP contribution in [0.5, 0.6) is 0 Å². The van der Waals surface area contributed by atoms with Gasteiger partial charge in [-0.15, -0.1) is 0 Å². The number of allylic oxidation sites excluding steroid dienone is 3. The van der Waals surface area contributed by atoms with E-state index < -0.39 is 0 Å². The van der Waals surface area contributed by atoms with Crippen LogP contribution in [0.2, 0.25) is 0 Å². The molecule has 0 fully saturated rings. The van der Waals surface area contributed by atoms with E-state index in [0.717, 1.165) is 22.5 Å². The highest BCUT2D eigenvalue weighted by molar-refractivity contribution is 6.31. The summed E-state index contributed by atoms with van der Waals surface area (Å²) in [5.41, 5.74) is 4.44. The Morgan fingerprint density at radius 2 is 1.94 bits per heavy atom. The number of benzene rings is 1. The zero-order valence-electron chi connectivity index (χ0n) is 19.3. The number of carbonyl (C=O) groups is 1. The van der Waals surface area contributed by atoms with Gasteiger partial charge in [0.15, 0.2) is 0 Å². The maximum absolute atomic E-state index is 12.6. The summed E-state index contributed by atoms with van der Waals surface area (Å²) in [6.07, 6.45) is 10.1. The molecule has 170 valence electrons. The van der Waals surface area contributed by atoms with E-state index in [9.17, 15) is 4.79 Å². The predicted molar refractivity (Wildman–Crippen MR) is 138 cm³/mol. The monoisotopic (exact) mass is 461 g/mol. The molecule has 0 spiro atoms. The molecule has 0 radical (unpaired) electrons. The first-order chi connectivity index (χ1) is 16.0. The summed E-state index contributed by atoms with van der Waals surface area (Å²) in [6, 6.07) is 11.2. The molecule has 7 heteroatoms. The van der Waals surface area contributed by atoms with Crippen LogP contribution in [0.3, 0.4) is 0 Å². The highest BCUT2D eigenvalue weighted by Gasteiger charge is 2.10. The molecule has 33 heavy (non-hydrogen) atoms. The molecule has 6 nitrogen and oxygen atoms in total. The molecular formula is C26H28ClN5O. The Morgan fingerprint density at radius 3 is 2.61 bits per heavy atom. The van der Waals surface area contributed by atoms with Crippen LogP contribution in [0.1, 0.15) is 26.3 Å². The maximum atomic E-state index is 12.6. The summed E-state index contributed by atoms with van der Waals surface area (Å²) >= 11 is 5.84. The van der Waals surface area contributed by atoms with Crippen molar-refractivity contribution in [2.24, 2.45) is 0 Å². The van der Waals surface area contributed by atoms with E-state index in [2.05, 4.69) is 32.2 Å². The van der Waals surface area contributed by atoms with Gasteiger partial charge in [0.25, 0.3) is 5.91 Å². The molecule has 1 amide bonds. The van der Waals surface area contributed by atoms with Crippen molar-refractivity contribution in [1.29, 1.82) is 0 Å². The number of hydrogen-bond donors (Lipinski definition) is 2. The minimum atomic E-state index is -0.287. The van der Waals surface area contributed by atoms with Crippen LogP contribution in [-0.4, -0.2) is 20.9 Å². The highest BCUT2D eigenvalue weighted by Crippen LogP contribution is 2.24. The minimum absolute atomic E-state index is 0.278. The Balaban J connectivity index is 0.00000187. The number of nitrogens with zero attached hydrogens (tertiary/aromatic N) is 3. The van der Waals surface area contributed by atoms with Gasteiger partial charge in [0.05, 0.1) is 5.69 Å². The van der Waals surface area contributed by atoms with Crippen molar-refractivity contribution in [3.8, 4) is 11.3 Å². The molecule has 2 aromatic heterocycles. The third-order valence-electron chi connectivity index (χ3n) is 4.28. The van der Waals surface area contributed by atoms with Crippen molar-refractivity contribution in [1.82, 2.24) is 15.0 Å². The summed E-state index contributed by atoms with van der Waals surface area (Å²) in [7, 11) is 0. The summed E-state index contributed by atoms with van der Waals surface area (Å²) in [4.78, 5) is 25.6. The molecule has 1 aromatic carbocycles. The number of carbonyl (C=O) groups excluding carboxylic acids is 1. The summed E-state index contributed by atoms with van der Waals surface area (Å²) in [6.45, 7) is 11.4. The molecule has 2 heterocycles. The molecule has 2 N–H and O–H groups in total. The Labute approximate surface area is 200 Å². The van der Waals surface area contributed by atoms with E-state index >= 15 is 0 Å². The number of nitrogens with one attached hydrogen (secondary N) is 2. The van der Waals surface area contributed by atoms with Crippen molar-refractivity contribution in [3.63, 3.8) is 0 Å². The number of hydrogen-bond acceptors (Lipinski definition) is 5. The molecule has 0 aliphatic rings. The average molecular weight is 462 g/mol. The Bertz CT molecular complexity index is 1160. The number of aromatic nitrogens is 3. The van der Waals surface area contributed by atoms with E-state index in [4.69, 9.17) is 11.6 Å². The van der Waals surface area contributed by atoms with Gasteiger partial charge in [-0.1, -0.05) is 50.2 Å². The van der Waals surface area contributed by atoms with Gasteiger partial charge in [-0.05, 0) is 55.8 Å². The van der Waals surface area contributed by atoms with Gasteiger partial charge in [-0.3, -0.25) is 9.78 Å². The van der Waals surface area contributed by atoms with Crippen LogP contribution in [0.4, 0.5) is 17.3 Å².